The molecule has 5 heteroatoms. The third-order valence-electron chi connectivity index (χ3n) is 7.36. The fraction of sp³-hybridized carbons (Fsp3) is 0.219. The number of Topliss-reactive ketones (excluding diaryl/α,β-unsaturated/α-hetero) is 1. The van der Waals surface area contributed by atoms with Crippen LogP contribution in [0.2, 0.25) is 10.0 Å². The highest BCUT2D eigenvalue weighted by molar-refractivity contribution is 6.35. The van der Waals surface area contributed by atoms with E-state index in [0.29, 0.717) is 23.1 Å². The molecule has 0 unspecified atom stereocenters. The third kappa shape index (κ3) is 4.52. The fourth-order valence-corrected chi connectivity index (χ4v) is 6.11. The van der Waals surface area contributed by atoms with E-state index in [0.717, 1.165) is 34.6 Å². The molecule has 1 heterocycles. The summed E-state index contributed by atoms with van der Waals surface area (Å²) in [4.78, 5) is 13.6. The van der Waals surface area contributed by atoms with Crippen LogP contribution < -0.4 is 10.1 Å². The van der Waals surface area contributed by atoms with Gasteiger partial charge in [-0.15, -0.1) is 0 Å². The van der Waals surface area contributed by atoms with Gasteiger partial charge >= 0.3 is 0 Å². The fourth-order valence-electron chi connectivity index (χ4n) is 5.64. The second kappa shape index (κ2) is 9.24. The maximum atomic E-state index is 13.6. The van der Waals surface area contributed by atoms with Crippen LogP contribution in [0.15, 0.2) is 84.4 Å². The van der Waals surface area contributed by atoms with Crippen LogP contribution in [0.1, 0.15) is 49.4 Å². The largest absolute Gasteiger partial charge is 0.489 e. The van der Waals surface area contributed by atoms with Gasteiger partial charge < -0.3 is 10.1 Å². The number of halogens is 2. The summed E-state index contributed by atoms with van der Waals surface area (Å²) in [6, 6.07) is 25.9. The minimum Gasteiger partial charge on any atom is -0.489 e. The number of carbonyl (C=O) groups excluding carboxylic acids is 1. The number of anilines is 1. The Morgan fingerprint density at radius 2 is 1.73 bits per heavy atom. The zero-order valence-electron chi connectivity index (χ0n) is 20.8. The molecule has 0 amide bonds. The standard InChI is InChI=1S/C32H27Cl2NO2/c1-32(2)16-25-29-24-6-4-3-5-19(24)10-14-27(29)35-31(30(25)28(36)17-32)20-8-12-23(13-9-20)37-18-21-7-11-22(33)15-26(21)34/h3-15,31,35H,16-18H2,1-2H3/t31-/m1/s1. The summed E-state index contributed by atoms with van der Waals surface area (Å²) in [6.45, 7) is 4.73. The molecule has 1 atom stereocenters. The number of nitrogens with one attached hydrogen (secondary N) is 1. The second-order valence-electron chi connectivity index (χ2n) is 10.7. The molecular formula is C32H27Cl2NO2. The summed E-state index contributed by atoms with van der Waals surface area (Å²) in [5.41, 5.74) is 6.15. The van der Waals surface area contributed by atoms with Crippen molar-refractivity contribution >= 4 is 51.0 Å². The Kier molecular flexibility index (Phi) is 6.01. The van der Waals surface area contributed by atoms with Crippen molar-refractivity contribution in [1.29, 1.82) is 0 Å². The quantitative estimate of drug-likeness (QED) is 0.287. The second-order valence-corrected chi connectivity index (χ2v) is 11.6. The van der Waals surface area contributed by atoms with Crippen LogP contribution in [0.5, 0.6) is 5.75 Å². The van der Waals surface area contributed by atoms with Crippen molar-refractivity contribution in [2.75, 3.05) is 5.32 Å². The molecule has 1 aliphatic carbocycles. The lowest BCUT2D eigenvalue weighted by molar-refractivity contribution is -0.118. The van der Waals surface area contributed by atoms with Crippen LogP contribution in [0.4, 0.5) is 5.69 Å². The molecule has 37 heavy (non-hydrogen) atoms. The maximum Gasteiger partial charge on any atom is 0.162 e. The highest BCUT2D eigenvalue weighted by Gasteiger charge is 2.40. The first-order chi connectivity index (χ1) is 17.8. The van der Waals surface area contributed by atoms with Crippen molar-refractivity contribution in [2.24, 2.45) is 5.41 Å². The number of benzene rings is 4. The molecule has 0 saturated carbocycles. The SMILES string of the molecule is CC1(C)CC(=O)C2=C(C1)c1c(ccc3ccccc13)N[C@@H]2c1ccc(OCc2ccc(Cl)cc2Cl)cc1. The Hall–Kier alpha value is -3.27. The molecule has 1 aliphatic heterocycles. The molecule has 0 radical (unpaired) electrons. The number of hydrogen-bond acceptors (Lipinski definition) is 3. The van der Waals surface area contributed by atoms with E-state index in [4.69, 9.17) is 27.9 Å². The smallest absolute Gasteiger partial charge is 0.162 e. The van der Waals surface area contributed by atoms with Gasteiger partial charge in [-0.1, -0.05) is 85.6 Å². The Bertz CT molecular complexity index is 1570. The Morgan fingerprint density at radius 1 is 0.946 bits per heavy atom. The Labute approximate surface area is 227 Å². The summed E-state index contributed by atoms with van der Waals surface area (Å²) in [5.74, 6) is 0.960. The summed E-state index contributed by atoms with van der Waals surface area (Å²) < 4.78 is 5.99. The van der Waals surface area contributed by atoms with Crippen molar-refractivity contribution in [1.82, 2.24) is 0 Å². The average molecular weight is 528 g/mol. The number of hydrogen-bond donors (Lipinski definition) is 1. The number of ether oxygens (including phenoxy) is 1. The van der Waals surface area contributed by atoms with Crippen LogP contribution in [0.25, 0.3) is 16.3 Å². The van der Waals surface area contributed by atoms with Gasteiger partial charge in [0.1, 0.15) is 12.4 Å². The van der Waals surface area contributed by atoms with Gasteiger partial charge in [0.25, 0.3) is 0 Å². The molecule has 0 bridgehead atoms. The monoisotopic (exact) mass is 527 g/mol. The summed E-state index contributed by atoms with van der Waals surface area (Å²) >= 11 is 12.3. The van der Waals surface area contributed by atoms with Gasteiger partial charge in [-0.05, 0) is 64.1 Å². The van der Waals surface area contributed by atoms with Crippen molar-refractivity contribution in [3.8, 4) is 5.75 Å². The summed E-state index contributed by atoms with van der Waals surface area (Å²) in [5, 5.41) is 7.26. The number of rotatable bonds is 4. The van der Waals surface area contributed by atoms with Crippen molar-refractivity contribution in [3.05, 3.63) is 111 Å². The number of carbonyl (C=O) groups is 1. The zero-order chi connectivity index (χ0) is 25.7. The first-order valence-corrected chi connectivity index (χ1v) is 13.3. The molecule has 2 aliphatic rings. The van der Waals surface area contributed by atoms with Gasteiger partial charge in [0, 0.05) is 38.9 Å². The normalized spacial score (nSPS) is 18.3. The molecule has 6 rings (SSSR count). The van der Waals surface area contributed by atoms with E-state index in [1.165, 1.54) is 21.9 Å². The number of fused-ring (bicyclic) bond motifs is 4. The van der Waals surface area contributed by atoms with Crippen molar-refractivity contribution < 1.29 is 9.53 Å². The topological polar surface area (TPSA) is 38.3 Å². The number of allylic oxidation sites excluding steroid dienone is 1. The highest BCUT2D eigenvalue weighted by atomic mass is 35.5. The predicted molar refractivity (Wildman–Crippen MR) is 152 cm³/mol. The lowest BCUT2D eigenvalue weighted by atomic mass is 9.68. The first-order valence-electron chi connectivity index (χ1n) is 12.5. The summed E-state index contributed by atoms with van der Waals surface area (Å²) in [6.07, 6.45) is 1.42. The molecule has 3 nitrogen and oxygen atoms in total. The number of ketones is 1. The van der Waals surface area contributed by atoms with Crippen LogP contribution in [0.3, 0.4) is 0 Å². The molecule has 4 aromatic carbocycles. The van der Waals surface area contributed by atoms with Crippen molar-refractivity contribution in [2.45, 2.75) is 39.3 Å². The van der Waals surface area contributed by atoms with Gasteiger partial charge in [0.15, 0.2) is 5.78 Å². The predicted octanol–water partition coefficient (Wildman–Crippen LogP) is 9.04. The lowest BCUT2D eigenvalue weighted by Crippen LogP contribution is -2.33. The molecule has 0 saturated heterocycles. The van der Waals surface area contributed by atoms with Gasteiger partial charge in [0.2, 0.25) is 0 Å². The van der Waals surface area contributed by atoms with Gasteiger partial charge in [-0.25, -0.2) is 0 Å². The van der Waals surface area contributed by atoms with Crippen LogP contribution in [-0.4, -0.2) is 5.78 Å². The average Bonchev–Trinajstić information content (AvgIpc) is 2.87. The minimum atomic E-state index is -0.202. The molecule has 186 valence electrons. The van der Waals surface area contributed by atoms with E-state index < -0.39 is 0 Å². The minimum absolute atomic E-state index is 0.0767. The molecule has 0 spiro atoms. The van der Waals surface area contributed by atoms with E-state index in [1.807, 2.05) is 30.3 Å². The van der Waals surface area contributed by atoms with E-state index in [1.54, 1.807) is 12.1 Å². The Balaban J connectivity index is 1.35. The van der Waals surface area contributed by atoms with Crippen LogP contribution in [-0.2, 0) is 11.4 Å². The molecular weight excluding hydrogens is 501 g/mol. The van der Waals surface area contributed by atoms with Gasteiger partial charge in [-0.3, -0.25) is 4.79 Å². The first kappa shape index (κ1) is 24.1. The van der Waals surface area contributed by atoms with Gasteiger partial charge in [-0.2, -0.15) is 0 Å². The summed E-state index contributed by atoms with van der Waals surface area (Å²) in [7, 11) is 0. The maximum absolute atomic E-state index is 13.6. The third-order valence-corrected chi connectivity index (χ3v) is 7.95. The van der Waals surface area contributed by atoms with Crippen molar-refractivity contribution in [3.63, 3.8) is 0 Å². The molecule has 0 fully saturated rings. The zero-order valence-corrected chi connectivity index (χ0v) is 22.3. The molecule has 1 N–H and O–H groups in total. The Morgan fingerprint density at radius 3 is 2.51 bits per heavy atom. The van der Waals surface area contributed by atoms with E-state index >= 15 is 0 Å². The lowest BCUT2D eigenvalue weighted by Gasteiger charge is -2.40. The van der Waals surface area contributed by atoms with Crippen LogP contribution in [0, 0.1) is 5.41 Å². The van der Waals surface area contributed by atoms with E-state index in [9.17, 15) is 4.79 Å². The molecule has 4 aromatic rings. The van der Waals surface area contributed by atoms with Gasteiger partial charge in [0.05, 0.1) is 6.04 Å². The van der Waals surface area contributed by atoms with Crippen LogP contribution >= 0.6 is 23.2 Å². The van der Waals surface area contributed by atoms with E-state index in [2.05, 4.69) is 55.6 Å². The highest BCUT2D eigenvalue weighted by Crippen LogP contribution is 2.52. The van der Waals surface area contributed by atoms with E-state index in [-0.39, 0.29) is 17.2 Å². The molecule has 0 aromatic heterocycles.